The molecule has 0 aliphatic heterocycles. The van der Waals surface area contributed by atoms with E-state index in [2.05, 4.69) is 20.8 Å². The molecule has 0 atom stereocenters. The number of hydrogen-bond acceptors (Lipinski definition) is 5. The Morgan fingerprint density at radius 1 is 1.17 bits per heavy atom. The van der Waals surface area contributed by atoms with Crippen molar-refractivity contribution in [3.8, 4) is 0 Å². The van der Waals surface area contributed by atoms with Crippen molar-refractivity contribution in [3.05, 3.63) is 58.8 Å². The van der Waals surface area contributed by atoms with Crippen molar-refractivity contribution in [2.24, 2.45) is 7.05 Å². The van der Waals surface area contributed by atoms with Gasteiger partial charge in [0.2, 0.25) is 0 Å². The number of nitrogens with one attached hydrogen (secondary N) is 2. The van der Waals surface area contributed by atoms with Gasteiger partial charge in [0.05, 0.1) is 23.0 Å². The minimum absolute atomic E-state index is 0.117. The number of nitrogens with zero attached hydrogens (tertiary/aromatic N) is 3. The van der Waals surface area contributed by atoms with E-state index in [1.54, 1.807) is 25.4 Å². The van der Waals surface area contributed by atoms with Crippen LogP contribution in [0, 0.1) is 0 Å². The van der Waals surface area contributed by atoms with Gasteiger partial charge in [0.15, 0.2) is 5.69 Å². The topological polar surface area (TPSA) is 88.9 Å². The van der Waals surface area contributed by atoms with Gasteiger partial charge in [-0.25, -0.2) is 0 Å². The minimum Gasteiger partial charge on any atom is -0.354 e. The van der Waals surface area contributed by atoms with Crippen LogP contribution in [-0.4, -0.2) is 27.7 Å². The second-order valence-electron chi connectivity index (χ2n) is 5.00. The second kappa shape index (κ2) is 5.88. The number of aryl methyl sites for hydroxylation is 1. The lowest BCUT2D eigenvalue weighted by molar-refractivity contribution is 0.0958. The first-order valence-electron chi connectivity index (χ1n) is 7.01. The number of anilines is 2. The Morgan fingerprint density at radius 3 is 2.78 bits per heavy atom. The van der Waals surface area contributed by atoms with E-state index in [-0.39, 0.29) is 17.2 Å². The number of carbonyl (C=O) groups excluding carboxylic acids is 1. The Balaban J connectivity index is 2.15. The van der Waals surface area contributed by atoms with E-state index in [9.17, 15) is 9.59 Å². The summed E-state index contributed by atoms with van der Waals surface area (Å²) in [5.41, 5.74) is 1.15. The van der Waals surface area contributed by atoms with Crippen LogP contribution >= 0.6 is 0 Å². The van der Waals surface area contributed by atoms with E-state index in [0.29, 0.717) is 16.8 Å². The van der Waals surface area contributed by atoms with Crippen LogP contribution in [0.4, 0.5) is 11.4 Å². The predicted octanol–water partition coefficient (Wildman–Crippen LogP) is 1.43. The summed E-state index contributed by atoms with van der Waals surface area (Å²) in [6.07, 6.45) is 3.20. The molecule has 7 heteroatoms. The second-order valence-corrected chi connectivity index (χ2v) is 5.00. The molecule has 3 rings (SSSR count). The molecule has 2 N–H and O–H groups in total. The highest BCUT2D eigenvalue weighted by atomic mass is 16.2. The molecule has 0 radical (unpaired) electrons. The molecule has 2 aromatic heterocycles. The van der Waals surface area contributed by atoms with Crippen molar-refractivity contribution in [1.82, 2.24) is 20.1 Å². The van der Waals surface area contributed by atoms with Gasteiger partial charge in [-0.3, -0.25) is 9.59 Å². The first-order chi connectivity index (χ1) is 11.1. The fourth-order valence-electron chi connectivity index (χ4n) is 2.35. The van der Waals surface area contributed by atoms with Gasteiger partial charge < -0.3 is 15.2 Å². The molecule has 0 saturated heterocycles. The predicted molar refractivity (Wildman–Crippen MR) is 87.9 cm³/mol. The highest BCUT2D eigenvalue weighted by Crippen LogP contribution is 2.24. The van der Waals surface area contributed by atoms with Gasteiger partial charge in [-0.15, -0.1) is 5.10 Å². The fourth-order valence-corrected chi connectivity index (χ4v) is 2.35. The van der Waals surface area contributed by atoms with Crippen molar-refractivity contribution in [3.63, 3.8) is 0 Å². The molecule has 3 aromatic rings. The van der Waals surface area contributed by atoms with Gasteiger partial charge in [0.25, 0.3) is 11.5 Å². The van der Waals surface area contributed by atoms with E-state index in [0.717, 1.165) is 5.39 Å². The smallest absolute Gasteiger partial charge is 0.273 e. The van der Waals surface area contributed by atoms with E-state index in [4.69, 9.17) is 0 Å². The van der Waals surface area contributed by atoms with Crippen molar-refractivity contribution in [2.45, 2.75) is 0 Å². The molecule has 0 aliphatic carbocycles. The lowest BCUT2D eigenvalue weighted by atomic mass is 10.1. The van der Waals surface area contributed by atoms with Crippen LogP contribution in [-0.2, 0) is 7.05 Å². The summed E-state index contributed by atoms with van der Waals surface area (Å²) in [6.45, 7) is 0. The fraction of sp³-hybridized carbons (Fsp3) is 0.125. The van der Waals surface area contributed by atoms with E-state index in [1.165, 1.54) is 17.8 Å². The van der Waals surface area contributed by atoms with Gasteiger partial charge in [0, 0.05) is 20.3 Å². The molecule has 2 heterocycles. The highest BCUT2D eigenvalue weighted by molar-refractivity contribution is 6.00. The Kier molecular flexibility index (Phi) is 3.76. The lowest BCUT2D eigenvalue weighted by Gasteiger charge is -2.12. The zero-order valence-corrected chi connectivity index (χ0v) is 12.7. The summed E-state index contributed by atoms with van der Waals surface area (Å²) in [5.74, 6) is -0.353. The van der Waals surface area contributed by atoms with Gasteiger partial charge in [-0.05, 0) is 23.6 Å². The molecule has 1 amide bonds. The van der Waals surface area contributed by atoms with Crippen LogP contribution in [0.1, 0.15) is 10.5 Å². The zero-order chi connectivity index (χ0) is 16.4. The van der Waals surface area contributed by atoms with E-state index >= 15 is 0 Å². The molecule has 7 nitrogen and oxygen atoms in total. The number of amides is 1. The summed E-state index contributed by atoms with van der Waals surface area (Å²) < 4.78 is 1.51. The third kappa shape index (κ3) is 2.64. The van der Waals surface area contributed by atoms with Crippen LogP contribution in [0.25, 0.3) is 10.8 Å². The zero-order valence-electron chi connectivity index (χ0n) is 12.7. The van der Waals surface area contributed by atoms with Crippen molar-refractivity contribution >= 4 is 28.1 Å². The first kappa shape index (κ1) is 14.7. The SMILES string of the molecule is CNC(=O)c1nnccc1Nc1cccc2ccn(C)c(=O)c12. The maximum absolute atomic E-state index is 12.4. The molecule has 23 heavy (non-hydrogen) atoms. The van der Waals surface area contributed by atoms with Crippen molar-refractivity contribution in [2.75, 3.05) is 12.4 Å². The Labute approximate surface area is 132 Å². The Hall–Kier alpha value is -3.22. The maximum Gasteiger partial charge on any atom is 0.273 e. The van der Waals surface area contributed by atoms with Crippen LogP contribution in [0.2, 0.25) is 0 Å². The van der Waals surface area contributed by atoms with Gasteiger partial charge in [-0.1, -0.05) is 12.1 Å². The average Bonchev–Trinajstić information content (AvgIpc) is 2.58. The number of carbonyl (C=O) groups is 1. The van der Waals surface area contributed by atoms with Gasteiger partial charge in [0.1, 0.15) is 0 Å². The third-order valence-electron chi connectivity index (χ3n) is 3.54. The summed E-state index contributed by atoms with van der Waals surface area (Å²) in [7, 11) is 3.22. The number of fused-ring (bicyclic) bond motifs is 1. The third-order valence-corrected chi connectivity index (χ3v) is 3.54. The lowest BCUT2D eigenvalue weighted by Crippen LogP contribution is -2.21. The van der Waals surface area contributed by atoms with Gasteiger partial charge in [-0.2, -0.15) is 5.10 Å². The Bertz CT molecular complexity index is 949. The number of rotatable bonds is 3. The molecule has 1 aromatic carbocycles. The largest absolute Gasteiger partial charge is 0.354 e. The first-order valence-corrected chi connectivity index (χ1v) is 7.01. The van der Waals surface area contributed by atoms with Crippen molar-refractivity contribution in [1.29, 1.82) is 0 Å². The maximum atomic E-state index is 12.4. The average molecular weight is 309 g/mol. The van der Waals surface area contributed by atoms with Crippen LogP contribution in [0.5, 0.6) is 0 Å². The molecule has 0 saturated carbocycles. The molecule has 0 aliphatic rings. The van der Waals surface area contributed by atoms with Crippen LogP contribution < -0.4 is 16.2 Å². The summed E-state index contributed by atoms with van der Waals surface area (Å²) in [5, 5.41) is 14.6. The highest BCUT2D eigenvalue weighted by Gasteiger charge is 2.14. The monoisotopic (exact) mass is 309 g/mol. The van der Waals surface area contributed by atoms with Crippen LogP contribution in [0.3, 0.4) is 0 Å². The Morgan fingerprint density at radius 2 is 2.00 bits per heavy atom. The number of pyridine rings is 1. The van der Waals surface area contributed by atoms with E-state index < -0.39 is 0 Å². The van der Waals surface area contributed by atoms with Gasteiger partial charge >= 0.3 is 0 Å². The van der Waals surface area contributed by atoms with Crippen molar-refractivity contribution < 1.29 is 4.79 Å². The number of benzene rings is 1. The molecular formula is C16H15N5O2. The molecular weight excluding hydrogens is 294 g/mol. The normalized spacial score (nSPS) is 10.5. The quantitative estimate of drug-likeness (QED) is 0.764. The van der Waals surface area contributed by atoms with E-state index in [1.807, 2.05) is 18.2 Å². The minimum atomic E-state index is -0.353. The molecule has 0 spiro atoms. The molecule has 116 valence electrons. The summed E-state index contributed by atoms with van der Waals surface area (Å²) >= 11 is 0. The molecule has 0 unspecified atom stereocenters. The van der Waals surface area contributed by atoms with Crippen LogP contribution in [0.15, 0.2) is 47.5 Å². The number of aromatic nitrogens is 3. The standard InChI is InChI=1S/C16H15N5O2/c1-17-15(22)14-12(6-8-18-20-14)19-11-5-3-4-10-7-9-21(2)16(23)13(10)11/h3-9H,1-2H3,(H,17,22)(H,18,19). The molecule has 0 bridgehead atoms. The molecule has 0 fully saturated rings. The summed E-state index contributed by atoms with van der Waals surface area (Å²) in [4.78, 5) is 24.3. The summed E-state index contributed by atoms with van der Waals surface area (Å²) in [6, 6.07) is 9.01. The number of hydrogen-bond donors (Lipinski definition) is 2.